The number of carboxylic acids is 1. The Hall–Kier alpha value is -2.42. The standard InChI is InChI=1S/C10H8N2S3.C7H6O3/c1-11-12-8-4-2-7(3-5-8)9-6-10(13)15-14-9;8-6-4-2-1-3-5(6)7(9)10/h2-6H,1H3;1-4,8H,(H,9,10). The van der Waals surface area contributed by atoms with E-state index in [1.54, 1.807) is 39.9 Å². The predicted molar refractivity (Wildman–Crippen MR) is 104 cm³/mol. The monoisotopic (exact) mass is 390 g/mol. The summed E-state index contributed by atoms with van der Waals surface area (Å²) < 4.78 is 0.937. The molecule has 0 saturated heterocycles. The Bertz CT molecular complexity index is 931. The molecule has 3 aromatic rings. The second-order valence-corrected chi connectivity index (χ2v) is 7.57. The third-order valence-corrected chi connectivity index (χ3v) is 5.87. The fraction of sp³-hybridized carbons (Fsp3) is 0.0588. The first-order valence-corrected chi connectivity index (χ1v) is 9.59. The fourth-order valence-corrected chi connectivity index (χ4v) is 4.24. The van der Waals surface area contributed by atoms with Gasteiger partial charge in [-0.2, -0.15) is 10.2 Å². The molecule has 0 aliphatic rings. The van der Waals surface area contributed by atoms with Gasteiger partial charge in [-0.15, -0.1) is 0 Å². The van der Waals surface area contributed by atoms with Crippen molar-refractivity contribution in [2.45, 2.75) is 0 Å². The Labute approximate surface area is 157 Å². The molecule has 0 spiro atoms. The van der Waals surface area contributed by atoms with Crippen LogP contribution in [-0.4, -0.2) is 23.2 Å². The van der Waals surface area contributed by atoms with Crippen LogP contribution in [0.25, 0.3) is 10.4 Å². The van der Waals surface area contributed by atoms with Gasteiger partial charge in [0.25, 0.3) is 0 Å². The molecular weight excluding hydrogens is 376 g/mol. The van der Waals surface area contributed by atoms with E-state index in [4.69, 9.17) is 22.4 Å². The van der Waals surface area contributed by atoms with Crippen molar-refractivity contribution in [1.29, 1.82) is 0 Å². The van der Waals surface area contributed by atoms with Crippen molar-refractivity contribution in [3.05, 3.63) is 64.0 Å². The first kappa shape index (κ1) is 18.9. The number of para-hydroxylation sites is 1. The van der Waals surface area contributed by atoms with Gasteiger partial charge in [-0.05, 0) is 35.9 Å². The van der Waals surface area contributed by atoms with Gasteiger partial charge in [0, 0.05) is 11.9 Å². The second-order valence-electron chi connectivity index (χ2n) is 4.66. The number of hydrogen-bond acceptors (Lipinski definition) is 7. The Morgan fingerprint density at radius 1 is 1.08 bits per heavy atom. The van der Waals surface area contributed by atoms with Gasteiger partial charge in [0.05, 0.1) is 5.69 Å². The number of carboxylic acid groups (broad SMARTS) is 1. The Kier molecular flexibility index (Phi) is 6.93. The number of rotatable bonds is 3. The lowest BCUT2D eigenvalue weighted by atomic mass is 10.2. The van der Waals surface area contributed by atoms with Crippen LogP contribution < -0.4 is 0 Å². The largest absolute Gasteiger partial charge is 0.507 e. The maximum Gasteiger partial charge on any atom is 0.339 e. The summed E-state index contributed by atoms with van der Waals surface area (Å²) in [7, 11) is 5.00. The van der Waals surface area contributed by atoms with Gasteiger partial charge in [0.1, 0.15) is 15.1 Å². The number of benzene rings is 2. The molecule has 25 heavy (non-hydrogen) atoms. The first-order chi connectivity index (χ1) is 12.0. The van der Waals surface area contributed by atoms with Crippen LogP contribution >= 0.6 is 32.9 Å². The molecule has 0 aliphatic heterocycles. The average molecular weight is 391 g/mol. The number of aromatic carboxylic acids is 1. The molecule has 0 fully saturated rings. The Morgan fingerprint density at radius 3 is 2.24 bits per heavy atom. The molecule has 2 aromatic carbocycles. The van der Waals surface area contributed by atoms with Crippen molar-refractivity contribution in [2.24, 2.45) is 10.2 Å². The zero-order valence-electron chi connectivity index (χ0n) is 13.1. The van der Waals surface area contributed by atoms with Crippen molar-refractivity contribution in [1.82, 2.24) is 0 Å². The van der Waals surface area contributed by atoms with E-state index in [1.165, 1.54) is 22.6 Å². The summed E-state index contributed by atoms with van der Waals surface area (Å²) in [6, 6.07) is 15.8. The Balaban J connectivity index is 0.000000196. The van der Waals surface area contributed by atoms with Crippen LogP contribution in [0.15, 0.2) is 64.8 Å². The van der Waals surface area contributed by atoms with Gasteiger partial charge < -0.3 is 10.2 Å². The minimum absolute atomic E-state index is 0.0671. The number of azo groups is 1. The molecule has 1 aromatic heterocycles. The summed E-state index contributed by atoms with van der Waals surface area (Å²) in [6.07, 6.45) is 0. The maximum absolute atomic E-state index is 10.3. The lowest BCUT2D eigenvalue weighted by Gasteiger charge is -1.96. The molecular formula is C17H14N2O3S3. The molecule has 128 valence electrons. The number of carbonyl (C=O) groups is 1. The molecule has 0 amide bonds. The van der Waals surface area contributed by atoms with Gasteiger partial charge in [0.2, 0.25) is 0 Å². The molecule has 3 rings (SSSR count). The molecule has 0 saturated carbocycles. The zero-order valence-corrected chi connectivity index (χ0v) is 15.6. The van der Waals surface area contributed by atoms with E-state index in [0.717, 1.165) is 9.51 Å². The summed E-state index contributed by atoms with van der Waals surface area (Å²) in [6.45, 7) is 0. The highest BCUT2D eigenvalue weighted by Gasteiger charge is 2.05. The van der Waals surface area contributed by atoms with E-state index in [9.17, 15) is 4.79 Å². The molecule has 0 aliphatic carbocycles. The van der Waals surface area contributed by atoms with E-state index in [2.05, 4.69) is 10.2 Å². The van der Waals surface area contributed by atoms with Gasteiger partial charge >= 0.3 is 5.97 Å². The minimum Gasteiger partial charge on any atom is -0.507 e. The van der Waals surface area contributed by atoms with E-state index >= 15 is 0 Å². The second kappa shape index (κ2) is 9.16. The molecule has 0 atom stereocenters. The van der Waals surface area contributed by atoms with E-state index in [0.29, 0.717) is 0 Å². The lowest BCUT2D eigenvalue weighted by molar-refractivity contribution is 0.0693. The molecule has 0 radical (unpaired) electrons. The minimum atomic E-state index is -1.11. The SMILES string of the molecule is CN=Nc1ccc(-c2cc(=S)ss2)cc1.O=C(O)c1ccccc1O. The lowest BCUT2D eigenvalue weighted by Crippen LogP contribution is -1.95. The zero-order chi connectivity index (χ0) is 18.2. The molecule has 0 unspecified atom stereocenters. The quantitative estimate of drug-likeness (QED) is 0.326. The highest BCUT2D eigenvalue weighted by atomic mass is 32.9. The smallest absolute Gasteiger partial charge is 0.339 e. The fourth-order valence-electron chi connectivity index (χ4n) is 1.83. The van der Waals surface area contributed by atoms with E-state index in [1.807, 2.05) is 30.3 Å². The number of nitrogens with zero attached hydrogens (tertiary/aromatic N) is 2. The third kappa shape index (κ3) is 5.56. The van der Waals surface area contributed by atoms with Crippen LogP contribution in [0.1, 0.15) is 10.4 Å². The van der Waals surface area contributed by atoms with Crippen LogP contribution in [0.5, 0.6) is 5.75 Å². The number of hydrogen-bond donors (Lipinski definition) is 2. The summed E-state index contributed by atoms with van der Waals surface area (Å²) in [5.41, 5.74) is 1.99. The highest BCUT2D eigenvalue weighted by Crippen LogP contribution is 2.30. The topological polar surface area (TPSA) is 82.2 Å². The molecule has 0 bridgehead atoms. The van der Waals surface area contributed by atoms with Crippen molar-refractivity contribution in [3.63, 3.8) is 0 Å². The van der Waals surface area contributed by atoms with Gasteiger partial charge in [-0.3, -0.25) is 0 Å². The summed E-state index contributed by atoms with van der Waals surface area (Å²) in [5.74, 6) is -1.31. The van der Waals surface area contributed by atoms with Crippen LogP contribution in [0, 0.1) is 3.82 Å². The molecule has 5 nitrogen and oxygen atoms in total. The van der Waals surface area contributed by atoms with Crippen molar-refractivity contribution in [3.8, 4) is 16.2 Å². The Morgan fingerprint density at radius 2 is 1.76 bits per heavy atom. The highest BCUT2D eigenvalue weighted by molar-refractivity contribution is 7.80. The van der Waals surface area contributed by atoms with Crippen LogP contribution in [0.4, 0.5) is 5.69 Å². The third-order valence-electron chi connectivity index (χ3n) is 2.96. The molecule has 1 heterocycles. The van der Waals surface area contributed by atoms with Crippen LogP contribution in [0.2, 0.25) is 0 Å². The van der Waals surface area contributed by atoms with Gasteiger partial charge in [0.15, 0.2) is 0 Å². The maximum atomic E-state index is 10.3. The van der Waals surface area contributed by atoms with Crippen molar-refractivity contribution < 1.29 is 15.0 Å². The number of aromatic hydroxyl groups is 1. The summed E-state index contributed by atoms with van der Waals surface area (Å²) in [5, 5.41) is 25.0. The van der Waals surface area contributed by atoms with E-state index in [-0.39, 0.29) is 11.3 Å². The summed E-state index contributed by atoms with van der Waals surface area (Å²) in [4.78, 5) is 11.5. The predicted octanol–water partition coefficient (Wildman–Crippen LogP) is 6.01. The average Bonchev–Trinajstić information content (AvgIpc) is 3.03. The molecule has 2 N–H and O–H groups in total. The van der Waals surface area contributed by atoms with Crippen LogP contribution in [-0.2, 0) is 0 Å². The van der Waals surface area contributed by atoms with Gasteiger partial charge in [-0.1, -0.05) is 57.2 Å². The van der Waals surface area contributed by atoms with Gasteiger partial charge in [-0.25, -0.2) is 4.79 Å². The van der Waals surface area contributed by atoms with E-state index < -0.39 is 5.97 Å². The first-order valence-electron chi connectivity index (χ1n) is 7.03. The number of phenols is 1. The van der Waals surface area contributed by atoms with Crippen molar-refractivity contribution >= 4 is 44.6 Å². The normalized spacial score (nSPS) is 10.3. The molecule has 8 heteroatoms. The van der Waals surface area contributed by atoms with Crippen molar-refractivity contribution in [2.75, 3.05) is 7.05 Å². The summed E-state index contributed by atoms with van der Waals surface area (Å²) >= 11 is 5.10. The van der Waals surface area contributed by atoms with Crippen LogP contribution in [0.3, 0.4) is 0 Å².